The van der Waals surface area contributed by atoms with Crippen LogP contribution in [0.2, 0.25) is 0 Å². The van der Waals surface area contributed by atoms with Gasteiger partial charge in [-0.15, -0.1) is 0 Å². The van der Waals surface area contributed by atoms with E-state index in [1.165, 1.54) is 7.11 Å². The summed E-state index contributed by atoms with van der Waals surface area (Å²) < 4.78 is 10.8. The predicted molar refractivity (Wildman–Crippen MR) is 90.4 cm³/mol. The van der Waals surface area contributed by atoms with Gasteiger partial charge in [-0.1, -0.05) is 28.1 Å². The fourth-order valence-electron chi connectivity index (χ4n) is 2.44. The van der Waals surface area contributed by atoms with Gasteiger partial charge in [0.25, 0.3) is 5.91 Å². The topological polar surface area (TPSA) is 55.8 Å². The first-order valence-corrected chi connectivity index (χ1v) is 7.86. The summed E-state index contributed by atoms with van der Waals surface area (Å²) in [4.78, 5) is 26.3. The number of esters is 1. The van der Waals surface area contributed by atoms with Crippen LogP contribution in [0.5, 0.6) is 0 Å². The highest BCUT2D eigenvalue weighted by Gasteiger charge is 2.36. The lowest BCUT2D eigenvalue weighted by Gasteiger charge is -2.16. The summed E-state index contributed by atoms with van der Waals surface area (Å²) in [5, 5.41) is 0. The van der Waals surface area contributed by atoms with Crippen molar-refractivity contribution in [2.24, 2.45) is 0 Å². The van der Waals surface area contributed by atoms with E-state index >= 15 is 0 Å². The molecule has 0 spiro atoms. The molecule has 0 fully saturated rings. The molecule has 0 saturated carbocycles. The van der Waals surface area contributed by atoms with Crippen molar-refractivity contribution in [2.45, 2.75) is 6.92 Å². The van der Waals surface area contributed by atoms with Crippen molar-refractivity contribution in [3.05, 3.63) is 51.1 Å². The van der Waals surface area contributed by atoms with Gasteiger partial charge >= 0.3 is 5.97 Å². The lowest BCUT2D eigenvalue weighted by Crippen LogP contribution is -2.28. The number of rotatable bonds is 5. The Morgan fingerprint density at radius 2 is 2.09 bits per heavy atom. The standard InChI is InChI=1S/C17H18BrNO4/c1-11-15(17(21)23-3)14(16(20)19(11)7-8-22-2)10-12-5-4-6-13(18)9-12/h4-6,9-10H,7-8H2,1-3H3. The summed E-state index contributed by atoms with van der Waals surface area (Å²) in [7, 11) is 2.88. The number of allylic oxidation sites excluding steroid dienone is 1. The highest BCUT2D eigenvalue weighted by Crippen LogP contribution is 2.31. The first-order chi connectivity index (χ1) is 11.0. The molecule has 1 aliphatic rings. The third kappa shape index (κ3) is 3.71. The van der Waals surface area contributed by atoms with E-state index in [1.54, 1.807) is 25.0 Å². The van der Waals surface area contributed by atoms with Crippen LogP contribution >= 0.6 is 15.9 Å². The van der Waals surface area contributed by atoms with E-state index < -0.39 is 5.97 Å². The Hall–Kier alpha value is -1.92. The average molecular weight is 380 g/mol. The summed E-state index contributed by atoms with van der Waals surface area (Å²) >= 11 is 3.40. The molecule has 0 bridgehead atoms. The third-order valence-corrected chi connectivity index (χ3v) is 4.07. The molecule has 0 unspecified atom stereocenters. The molecule has 1 aromatic rings. The van der Waals surface area contributed by atoms with Gasteiger partial charge in [0.1, 0.15) is 0 Å². The monoisotopic (exact) mass is 379 g/mol. The molecule has 0 aromatic heterocycles. The van der Waals surface area contributed by atoms with Crippen LogP contribution in [0.1, 0.15) is 12.5 Å². The van der Waals surface area contributed by atoms with E-state index in [2.05, 4.69) is 15.9 Å². The second-order valence-corrected chi connectivity index (χ2v) is 5.93. The molecular formula is C17H18BrNO4. The number of nitrogens with zero attached hydrogens (tertiary/aromatic N) is 1. The molecule has 122 valence electrons. The zero-order chi connectivity index (χ0) is 17.0. The summed E-state index contributed by atoms with van der Waals surface area (Å²) in [5.41, 5.74) is 2.04. The summed E-state index contributed by atoms with van der Waals surface area (Å²) in [6, 6.07) is 7.51. The zero-order valence-electron chi connectivity index (χ0n) is 13.3. The Labute approximate surface area is 143 Å². The summed E-state index contributed by atoms with van der Waals surface area (Å²) in [6.07, 6.45) is 1.70. The maximum absolute atomic E-state index is 12.7. The number of halogens is 1. The van der Waals surface area contributed by atoms with Gasteiger partial charge in [-0.2, -0.15) is 0 Å². The van der Waals surface area contributed by atoms with Crippen molar-refractivity contribution in [1.29, 1.82) is 0 Å². The minimum atomic E-state index is -0.517. The van der Waals surface area contributed by atoms with Gasteiger partial charge in [0.15, 0.2) is 0 Å². The molecule has 0 atom stereocenters. The van der Waals surface area contributed by atoms with Crippen molar-refractivity contribution in [2.75, 3.05) is 27.4 Å². The quantitative estimate of drug-likeness (QED) is 0.582. The SMILES string of the molecule is COCCN1C(=O)C(=Cc2cccc(Br)c2)C(C(=O)OC)=C1C. The van der Waals surface area contributed by atoms with Crippen LogP contribution in [0.25, 0.3) is 6.08 Å². The molecule has 6 heteroatoms. The van der Waals surface area contributed by atoms with E-state index in [0.29, 0.717) is 30.0 Å². The molecular weight excluding hydrogens is 362 g/mol. The van der Waals surface area contributed by atoms with E-state index in [4.69, 9.17) is 9.47 Å². The van der Waals surface area contributed by atoms with Gasteiger partial charge in [-0.05, 0) is 30.7 Å². The number of methoxy groups -OCH3 is 2. The van der Waals surface area contributed by atoms with Crippen LogP contribution in [0.15, 0.2) is 45.6 Å². The second-order valence-electron chi connectivity index (χ2n) is 5.01. The zero-order valence-corrected chi connectivity index (χ0v) is 14.8. The number of carbonyl (C=O) groups excluding carboxylic acids is 2. The van der Waals surface area contributed by atoms with Crippen LogP contribution in [0.3, 0.4) is 0 Å². The first-order valence-electron chi connectivity index (χ1n) is 7.07. The fraction of sp³-hybridized carbons (Fsp3) is 0.294. The van der Waals surface area contributed by atoms with Crippen molar-refractivity contribution in [1.82, 2.24) is 4.90 Å². The molecule has 23 heavy (non-hydrogen) atoms. The second kappa shape index (κ2) is 7.57. The maximum atomic E-state index is 12.7. The minimum absolute atomic E-state index is 0.222. The van der Waals surface area contributed by atoms with Crippen molar-refractivity contribution in [3.63, 3.8) is 0 Å². The fourth-order valence-corrected chi connectivity index (χ4v) is 2.86. The molecule has 2 rings (SSSR count). The summed E-state index contributed by atoms with van der Waals surface area (Å²) in [5.74, 6) is -0.739. The van der Waals surface area contributed by atoms with Crippen LogP contribution in [0, 0.1) is 0 Å². The van der Waals surface area contributed by atoms with Crippen molar-refractivity contribution >= 4 is 33.9 Å². The Balaban J connectivity index is 2.47. The first kappa shape index (κ1) is 17.4. The molecule has 0 radical (unpaired) electrons. The van der Waals surface area contributed by atoms with E-state index in [9.17, 15) is 9.59 Å². The number of ether oxygens (including phenoxy) is 2. The Morgan fingerprint density at radius 3 is 2.70 bits per heavy atom. The van der Waals surface area contributed by atoms with Gasteiger partial charge < -0.3 is 14.4 Å². The highest BCUT2D eigenvalue weighted by molar-refractivity contribution is 9.10. The Morgan fingerprint density at radius 1 is 1.35 bits per heavy atom. The van der Waals surface area contributed by atoms with Gasteiger partial charge in [0.05, 0.1) is 24.9 Å². The summed E-state index contributed by atoms with van der Waals surface area (Å²) in [6.45, 7) is 2.51. The van der Waals surface area contributed by atoms with Gasteiger partial charge in [0.2, 0.25) is 0 Å². The normalized spacial score (nSPS) is 16.4. The smallest absolute Gasteiger partial charge is 0.340 e. The van der Waals surface area contributed by atoms with Crippen LogP contribution in [-0.2, 0) is 19.1 Å². The van der Waals surface area contributed by atoms with Gasteiger partial charge in [-0.3, -0.25) is 4.79 Å². The molecule has 0 aliphatic carbocycles. The predicted octanol–water partition coefficient (Wildman–Crippen LogP) is 2.77. The maximum Gasteiger partial charge on any atom is 0.340 e. The molecule has 1 aromatic carbocycles. The minimum Gasteiger partial charge on any atom is -0.465 e. The van der Waals surface area contributed by atoms with Crippen LogP contribution in [-0.4, -0.2) is 44.1 Å². The Kier molecular flexibility index (Phi) is 5.74. The molecule has 1 aliphatic heterocycles. The number of benzene rings is 1. The molecule has 0 N–H and O–H groups in total. The molecule has 1 amide bonds. The number of hydrogen-bond donors (Lipinski definition) is 0. The molecule has 0 saturated heterocycles. The largest absolute Gasteiger partial charge is 0.465 e. The van der Waals surface area contributed by atoms with Gasteiger partial charge in [0, 0.05) is 23.8 Å². The highest BCUT2D eigenvalue weighted by atomic mass is 79.9. The van der Waals surface area contributed by atoms with Crippen molar-refractivity contribution < 1.29 is 19.1 Å². The van der Waals surface area contributed by atoms with Crippen LogP contribution in [0.4, 0.5) is 0 Å². The third-order valence-electron chi connectivity index (χ3n) is 3.58. The lowest BCUT2D eigenvalue weighted by atomic mass is 10.0. The average Bonchev–Trinajstić information content (AvgIpc) is 2.76. The Bertz CT molecular complexity index is 694. The van der Waals surface area contributed by atoms with E-state index in [1.807, 2.05) is 24.3 Å². The number of hydrogen-bond acceptors (Lipinski definition) is 4. The molecule has 1 heterocycles. The number of amides is 1. The molecule has 5 nitrogen and oxygen atoms in total. The van der Waals surface area contributed by atoms with E-state index in [-0.39, 0.29) is 5.91 Å². The van der Waals surface area contributed by atoms with E-state index in [0.717, 1.165) is 10.0 Å². The lowest BCUT2D eigenvalue weighted by molar-refractivity contribution is -0.136. The number of carbonyl (C=O) groups is 2. The van der Waals surface area contributed by atoms with Crippen molar-refractivity contribution in [3.8, 4) is 0 Å². The van der Waals surface area contributed by atoms with Gasteiger partial charge in [-0.25, -0.2) is 4.79 Å². The van der Waals surface area contributed by atoms with Crippen LogP contribution < -0.4 is 0 Å².